The third-order valence-electron chi connectivity index (χ3n) is 4.89. The molecule has 3 nitrogen and oxygen atoms in total. The lowest BCUT2D eigenvalue weighted by atomic mass is 9.79. The molecule has 100 valence electrons. The minimum absolute atomic E-state index is 0.343. The van der Waals surface area contributed by atoms with Gasteiger partial charge in [-0.05, 0) is 79.3 Å². The first-order valence-corrected chi connectivity index (χ1v) is 7.79. The Morgan fingerprint density at radius 2 is 2.11 bits per heavy atom. The van der Waals surface area contributed by atoms with Gasteiger partial charge < -0.3 is 5.73 Å². The Hall–Kier alpha value is -0.350. The predicted octanol–water partition coefficient (Wildman–Crippen LogP) is 2.89. The first kappa shape index (κ1) is 12.7. The zero-order chi connectivity index (χ0) is 12.9. The summed E-state index contributed by atoms with van der Waals surface area (Å²) in [7, 11) is 0. The van der Waals surface area contributed by atoms with Crippen molar-refractivity contribution in [2.75, 3.05) is 6.54 Å². The van der Waals surface area contributed by atoms with Crippen LogP contribution in [0.15, 0.2) is 4.47 Å². The van der Waals surface area contributed by atoms with Crippen LogP contribution in [0.1, 0.15) is 37.6 Å². The van der Waals surface area contributed by atoms with Crippen molar-refractivity contribution in [2.24, 2.45) is 23.0 Å². The predicted molar refractivity (Wildman–Crippen MR) is 76.4 cm³/mol. The molecule has 2 saturated carbocycles. The van der Waals surface area contributed by atoms with Crippen molar-refractivity contribution in [2.45, 2.75) is 46.1 Å². The zero-order valence-electron chi connectivity index (χ0n) is 11.2. The lowest BCUT2D eigenvalue weighted by Crippen LogP contribution is -2.32. The van der Waals surface area contributed by atoms with Crippen LogP contribution < -0.4 is 5.73 Å². The standard InChI is InChI=1S/C14H22BrN3/c1-3-18-12(13(15)9(2)17-18)7-14(8-16)5-10-4-11(10)6-14/h10-11H,3-8,16H2,1-2H3. The highest BCUT2D eigenvalue weighted by atomic mass is 79.9. The van der Waals surface area contributed by atoms with Crippen molar-refractivity contribution >= 4 is 15.9 Å². The fourth-order valence-electron chi connectivity index (χ4n) is 3.78. The lowest BCUT2D eigenvalue weighted by Gasteiger charge is -2.29. The number of hydrogen-bond donors (Lipinski definition) is 1. The SMILES string of the molecule is CCn1nc(C)c(Br)c1CC1(CN)CC2CC2C1. The van der Waals surface area contributed by atoms with Crippen LogP contribution in [0.3, 0.4) is 0 Å². The van der Waals surface area contributed by atoms with E-state index in [0.717, 1.165) is 37.0 Å². The summed E-state index contributed by atoms with van der Waals surface area (Å²) in [6, 6.07) is 0. The van der Waals surface area contributed by atoms with E-state index in [0.29, 0.717) is 5.41 Å². The Balaban J connectivity index is 1.87. The van der Waals surface area contributed by atoms with Gasteiger partial charge in [0.05, 0.1) is 15.9 Å². The van der Waals surface area contributed by atoms with Gasteiger partial charge >= 0.3 is 0 Å². The van der Waals surface area contributed by atoms with Gasteiger partial charge in [-0.15, -0.1) is 0 Å². The quantitative estimate of drug-likeness (QED) is 0.929. The van der Waals surface area contributed by atoms with Crippen LogP contribution in [-0.2, 0) is 13.0 Å². The summed E-state index contributed by atoms with van der Waals surface area (Å²) < 4.78 is 3.33. The van der Waals surface area contributed by atoms with Crippen LogP contribution in [0.4, 0.5) is 0 Å². The molecule has 0 bridgehead atoms. The zero-order valence-corrected chi connectivity index (χ0v) is 12.8. The average Bonchev–Trinajstić information content (AvgIpc) is 2.90. The van der Waals surface area contributed by atoms with Crippen molar-refractivity contribution in [1.82, 2.24) is 9.78 Å². The summed E-state index contributed by atoms with van der Waals surface area (Å²) in [6.45, 7) is 5.99. The van der Waals surface area contributed by atoms with Crippen molar-refractivity contribution in [3.63, 3.8) is 0 Å². The van der Waals surface area contributed by atoms with E-state index in [9.17, 15) is 0 Å². The normalized spacial score (nSPS) is 33.8. The van der Waals surface area contributed by atoms with Crippen LogP contribution >= 0.6 is 15.9 Å². The van der Waals surface area contributed by atoms with E-state index < -0.39 is 0 Å². The molecule has 0 spiro atoms. The number of hydrogen-bond acceptors (Lipinski definition) is 2. The first-order valence-electron chi connectivity index (χ1n) is 7.00. The van der Waals surface area contributed by atoms with Gasteiger partial charge in [-0.25, -0.2) is 0 Å². The number of halogens is 1. The third-order valence-corrected chi connectivity index (χ3v) is 5.92. The van der Waals surface area contributed by atoms with E-state index >= 15 is 0 Å². The van der Waals surface area contributed by atoms with E-state index in [1.807, 2.05) is 0 Å². The number of fused-ring (bicyclic) bond motifs is 1. The number of aromatic nitrogens is 2. The van der Waals surface area contributed by atoms with E-state index in [1.165, 1.54) is 29.4 Å². The summed E-state index contributed by atoms with van der Waals surface area (Å²) >= 11 is 3.70. The Labute approximate surface area is 117 Å². The van der Waals surface area contributed by atoms with Crippen LogP contribution in [0.2, 0.25) is 0 Å². The van der Waals surface area contributed by atoms with E-state index in [-0.39, 0.29) is 0 Å². The molecule has 1 aromatic heterocycles. The molecule has 2 N–H and O–H groups in total. The smallest absolute Gasteiger partial charge is 0.0738 e. The van der Waals surface area contributed by atoms with Crippen LogP contribution in [0.25, 0.3) is 0 Å². The molecule has 1 aromatic rings. The first-order chi connectivity index (χ1) is 8.58. The second-order valence-electron chi connectivity index (χ2n) is 6.21. The Bertz CT molecular complexity index is 456. The summed E-state index contributed by atoms with van der Waals surface area (Å²) in [4.78, 5) is 0. The molecular formula is C14H22BrN3. The van der Waals surface area contributed by atoms with Gasteiger partial charge in [0.15, 0.2) is 0 Å². The maximum absolute atomic E-state index is 6.10. The molecule has 2 aliphatic rings. The Morgan fingerprint density at radius 3 is 2.67 bits per heavy atom. The number of rotatable bonds is 4. The van der Waals surface area contributed by atoms with Crippen LogP contribution in [0, 0.1) is 24.2 Å². The second-order valence-corrected chi connectivity index (χ2v) is 7.00. The van der Waals surface area contributed by atoms with Gasteiger partial charge in [0.25, 0.3) is 0 Å². The Kier molecular flexibility index (Phi) is 3.06. The van der Waals surface area contributed by atoms with Gasteiger partial charge in [-0.3, -0.25) is 4.68 Å². The molecule has 0 radical (unpaired) electrons. The molecule has 18 heavy (non-hydrogen) atoms. The monoisotopic (exact) mass is 311 g/mol. The summed E-state index contributed by atoms with van der Waals surface area (Å²) in [5.41, 5.74) is 8.89. The maximum Gasteiger partial charge on any atom is 0.0738 e. The molecule has 0 saturated heterocycles. The number of nitrogens with two attached hydrogens (primary N) is 1. The molecule has 2 aliphatic carbocycles. The van der Waals surface area contributed by atoms with Gasteiger partial charge in [-0.2, -0.15) is 5.10 Å². The van der Waals surface area contributed by atoms with Gasteiger partial charge in [0, 0.05) is 6.54 Å². The maximum atomic E-state index is 6.10. The minimum atomic E-state index is 0.343. The van der Waals surface area contributed by atoms with Crippen molar-refractivity contribution in [1.29, 1.82) is 0 Å². The highest BCUT2D eigenvalue weighted by molar-refractivity contribution is 9.10. The largest absolute Gasteiger partial charge is 0.330 e. The Morgan fingerprint density at radius 1 is 1.44 bits per heavy atom. The lowest BCUT2D eigenvalue weighted by molar-refractivity contribution is 0.265. The van der Waals surface area contributed by atoms with Crippen molar-refractivity contribution < 1.29 is 0 Å². The van der Waals surface area contributed by atoms with Gasteiger partial charge in [-0.1, -0.05) is 0 Å². The molecule has 1 heterocycles. The van der Waals surface area contributed by atoms with E-state index in [2.05, 4.69) is 39.6 Å². The highest BCUT2D eigenvalue weighted by Gasteiger charge is 2.53. The second kappa shape index (κ2) is 4.34. The molecule has 0 amide bonds. The molecule has 2 fully saturated rings. The average molecular weight is 312 g/mol. The van der Waals surface area contributed by atoms with Crippen LogP contribution in [0.5, 0.6) is 0 Å². The van der Waals surface area contributed by atoms with Crippen molar-refractivity contribution in [3.8, 4) is 0 Å². The third kappa shape index (κ3) is 1.94. The number of aryl methyl sites for hydroxylation is 2. The molecule has 0 aliphatic heterocycles. The molecule has 4 heteroatoms. The summed E-state index contributed by atoms with van der Waals surface area (Å²) in [5.74, 6) is 1.96. The van der Waals surface area contributed by atoms with Crippen molar-refractivity contribution in [3.05, 3.63) is 15.9 Å². The highest BCUT2D eigenvalue weighted by Crippen LogP contribution is 2.60. The molecular weight excluding hydrogens is 290 g/mol. The van der Waals surface area contributed by atoms with Gasteiger partial charge in [0.2, 0.25) is 0 Å². The fourth-order valence-corrected chi connectivity index (χ4v) is 4.21. The molecule has 3 rings (SSSR count). The fraction of sp³-hybridized carbons (Fsp3) is 0.786. The summed E-state index contributed by atoms with van der Waals surface area (Å²) in [5, 5.41) is 4.60. The minimum Gasteiger partial charge on any atom is -0.330 e. The molecule has 2 unspecified atom stereocenters. The summed E-state index contributed by atoms with van der Waals surface area (Å²) in [6.07, 6.45) is 5.20. The molecule has 2 atom stereocenters. The number of nitrogens with zero attached hydrogens (tertiary/aromatic N) is 2. The van der Waals surface area contributed by atoms with Gasteiger partial charge in [0.1, 0.15) is 0 Å². The van der Waals surface area contributed by atoms with Crippen LogP contribution in [-0.4, -0.2) is 16.3 Å². The van der Waals surface area contributed by atoms with E-state index in [4.69, 9.17) is 5.73 Å². The molecule has 0 aromatic carbocycles. The van der Waals surface area contributed by atoms with E-state index in [1.54, 1.807) is 0 Å². The topological polar surface area (TPSA) is 43.8 Å².